The fourth-order valence-electron chi connectivity index (χ4n) is 2.91. The largest absolute Gasteiger partial charge is 0.271 e. The van der Waals surface area contributed by atoms with Gasteiger partial charge in [-0.25, -0.2) is 13.8 Å². The Morgan fingerprint density at radius 3 is 2.42 bits per heavy atom. The van der Waals surface area contributed by atoms with Crippen molar-refractivity contribution < 1.29 is 13.2 Å². The molecule has 3 aromatic rings. The molecule has 0 saturated heterocycles. The van der Waals surface area contributed by atoms with Crippen LogP contribution in [0.2, 0.25) is 5.02 Å². The first-order chi connectivity index (χ1) is 14.8. The van der Waals surface area contributed by atoms with Gasteiger partial charge in [0.2, 0.25) is 0 Å². The standard InChI is InChI=1S/C23H22ClN3O3S/c1-17-10-12-21(13-11-17)31(29,30)27(22-9-4-3-6-18(22)2)16-23(28)26-25-15-19-7-5-8-20(24)14-19/h3-15H,16H2,1-2H3,(H,26,28)/b25-15-. The van der Waals surface area contributed by atoms with Crippen LogP contribution >= 0.6 is 11.6 Å². The summed E-state index contributed by atoms with van der Waals surface area (Å²) in [6.07, 6.45) is 1.44. The van der Waals surface area contributed by atoms with E-state index in [2.05, 4.69) is 10.5 Å². The summed E-state index contributed by atoms with van der Waals surface area (Å²) in [4.78, 5) is 12.7. The molecule has 0 bridgehead atoms. The molecule has 0 fully saturated rings. The molecular formula is C23H22ClN3O3S. The van der Waals surface area contributed by atoms with Gasteiger partial charge in [0.25, 0.3) is 15.9 Å². The van der Waals surface area contributed by atoms with Gasteiger partial charge in [-0.2, -0.15) is 5.10 Å². The van der Waals surface area contributed by atoms with E-state index < -0.39 is 22.5 Å². The third-order valence-corrected chi connectivity index (χ3v) is 6.54. The van der Waals surface area contributed by atoms with Crippen molar-refractivity contribution in [2.24, 2.45) is 5.10 Å². The van der Waals surface area contributed by atoms with Crippen molar-refractivity contribution in [1.29, 1.82) is 0 Å². The van der Waals surface area contributed by atoms with Crippen molar-refractivity contribution in [2.75, 3.05) is 10.8 Å². The van der Waals surface area contributed by atoms with Gasteiger partial charge in [-0.1, -0.05) is 59.6 Å². The van der Waals surface area contributed by atoms with Gasteiger partial charge >= 0.3 is 0 Å². The summed E-state index contributed by atoms with van der Waals surface area (Å²) >= 11 is 5.93. The first-order valence-corrected chi connectivity index (χ1v) is 11.3. The number of para-hydroxylation sites is 1. The van der Waals surface area contributed by atoms with E-state index in [9.17, 15) is 13.2 Å². The van der Waals surface area contributed by atoms with Crippen molar-refractivity contribution in [1.82, 2.24) is 5.43 Å². The molecule has 3 aromatic carbocycles. The molecule has 160 valence electrons. The summed E-state index contributed by atoms with van der Waals surface area (Å²) < 4.78 is 27.8. The molecule has 31 heavy (non-hydrogen) atoms. The zero-order valence-corrected chi connectivity index (χ0v) is 18.7. The van der Waals surface area contributed by atoms with Crippen molar-refractivity contribution in [3.05, 3.63) is 94.5 Å². The number of rotatable bonds is 7. The molecule has 0 aliphatic carbocycles. The first kappa shape index (κ1) is 22.5. The lowest BCUT2D eigenvalue weighted by molar-refractivity contribution is -0.119. The lowest BCUT2D eigenvalue weighted by Gasteiger charge is -2.25. The lowest BCUT2D eigenvalue weighted by atomic mass is 10.2. The molecule has 0 aromatic heterocycles. The molecule has 3 rings (SSSR count). The van der Waals surface area contributed by atoms with Crippen LogP contribution in [0.25, 0.3) is 0 Å². The molecule has 6 nitrogen and oxygen atoms in total. The van der Waals surface area contributed by atoms with E-state index in [0.717, 1.165) is 15.4 Å². The second-order valence-corrected chi connectivity index (χ2v) is 9.26. The van der Waals surface area contributed by atoms with Gasteiger partial charge in [-0.15, -0.1) is 0 Å². The number of aryl methyl sites for hydroxylation is 2. The molecular weight excluding hydrogens is 434 g/mol. The van der Waals surface area contributed by atoms with Crippen molar-refractivity contribution in [3.8, 4) is 0 Å². The highest BCUT2D eigenvalue weighted by molar-refractivity contribution is 7.92. The quantitative estimate of drug-likeness (QED) is 0.426. The third-order valence-electron chi connectivity index (χ3n) is 4.53. The highest BCUT2D eigenvalue weighted by Crippen LogP contribution is 2.26. The minimum atomic E-state index is -3.97. The molecule has 1 amide bonds. The molecule has 1 N–H and O–H groups in total. The average molecular weight is 456 g/mol. The van der Waals surface area contributed by atoms with Gasteiger partial charge in [-0.05, 0) is 55.3 Å². The van der Waals surface area contributed by atoms with Crippen LogP contribution in [0.1, 0.15) is 16.7 Å². The highest BCUT2D eigenvalue weighted by Gasteiger charge is 2.28. The molecule has 0 radical (unpaired) electrons. The number of benzene rings is 3. The van der Waals surface area contributed by atoms with Crippen LogP contribution in [0.5, 0.6) is 0 Å². The number of carbonyl (C=O) groups is 1. The zero-order chi connectivity index (χ0) is 22.4. The molecule has 0 aliphatic heterocycles. The van der Waals surface area contributed by atoms with Crippen LogP contribution in [0, 0.1) is 13.8 Å². The van der Waals surface area contributed by atoms with Gasteiger partial charge in [0.05, 0.1) is 16.8 Å². The minimum Gasteiger partial charge on any atom is -0.271 e. The van der Waals surface area contributed by atoms with E-state index in [1.54, 1.807) is 61.5 Å². The average Bonchev–Trinajstić information content (AvgIpc) is 2.73. The second kappa shape index (κ2) is 9.76. The van der Waals surface area contributed by atoms with E-state index in [1.807, 2.05) is 13.0 Å². The predicted octanol–water partition coefficient (Wildman–Crippen LogP) is 4.30. The molecule has 0 atom stereocenters. The third kappa shape index (κ3) is 5.71. The Morgan fingerprint density at radius 2 is 1.74 bits per heavy atom. The van der Waals surface area contributed by atoms with Crippen LogP contribution in [-0.4, -0.2) is 27.1 Å². The summed E-state index contributed by atoms with van der Waals surface area (Å²) in [5, 5.41) is 4.46. The van der Waals surface area contributed by atoms with Crippen LogP contribution in [-0.2, 0) is 14.8 Å². The predicted molar refractivity (Wildman–Crippen MR) is 124 cm³/mol. The highest BCUT2D eigenvalue weighted by atomic mass is 35.5. The molecule has 0 spiro atoms. The molecule has 0 aliphatic rings. The smallest absolute Gasteiger partial charge is 0.264 e. The number of nitrogens with one attached hydrogen (secondary N) is 1. The van der Waals surface area contributed by atoms with Crippen LogP contribution in [0.4, 0.5) is 5.69 Å². The van der Waals surface area contributed by atoms with Gasteiger partial charge in [0.15, 0.2) is 0 Å². The first-order valence-electron chi connectivity index (χ1n) is 9.50. The Bertz CT molecular complexity index is 1210. The normalized spacial score (nSPS) is 11.5. The van der Waals surface area contributed by atoms with E-state index in [0.29, 0.717) is 16.3 Å². The molecule has 0 saturated carbocycles. The minimum absolute atomic E-state index is 0.108. The molecule has 0 unspecified atom stereocenters. The van der Waals surface area contributed by atoms with Crippen molar-refractivity contribution >= 4 is 39.4 Å². The Kier molecular flexibility index (Phi) is 7.09. The van der Waals surface area contributed by atoms with Gasteiger partial charge < -0.3 is 0 Å². The maximum atomic E-state index is 13.4. The van der Waals surface area contributed by atoms with Crippen molar-refractivity contribution in [2.45, 2.75) is 18.7 Å². The van der Waals surface area contributed by atoms with Gasteiger partial charge in [-0.3, -0.25) is 9.10 Å². The summed E-state index contributed by atoms with van der Waals surface area (Å²) in [7, 11) is -3.97. The number of sulfonamides is 1. The van der Waals surface area contributed by atoms with E-state index in [4.69, 9.17) is 11.6 Å². The summed E-state index contributed by atoms with van der Waals surface area (Å²) in [6, 6.07) is 20.5. The number of nitrogens with zero attached hydrogens (tertiary/aromatic N) is 2. The van der Waals surface area contributed by atoms with Gasteiger partial charge in [0.1, 0.15) is 6.54 Å². The fraction of sp³-hybridized carbons (Fsp3) is 0.130. The SMILES string of the molecule is Cc1ccc(S(=O)(=O)N(CC(=O)N/N=C\c2cccc(Cl)c2)c2ccccc2C)cc1. The van der Waals surface area contributed by atoms with Gasteiger partial charge in [0, 0.05) is 5.02 Å². The molecule has 0 heterocycles. The Morgan fingerprint density at radius 1 is 1.03 bits per heavy atom. The summed E-state index contributed by atoms with van der Waals surface area (Å²) in [6.45, 7) is 3.25. The fourth-order valence-corrected chi connectivity index (χ4v) is 4.60. The van der Waals surface area contributed by atoms with Crippen LogP contribution < -0.4 is 9.73 Å². The zero-order valence-electron chi connectivity index (χ0n) is 17.1. The summed E-state index contributed by atoms with van der Waals surface area (Å²) in [5.41, 5.74) is 5.19. The van der Waals surface area contributed by atoms with E-state index >= 15 is 0 Å². The number of carbonyl (C=O) groups excluding carboxylic acids is 1. The number of hydrazone groups is 1. The summed E-state index contributed by atoms with van der Waals surface area (Å²) in [5.74, 6) is -0.572. The second-order valence-electron chi connectivity index (χ2n) is 6.96. The van der Waals surface area contributed by atoms with E-state index in [1.165, 1.54) is 18.3 Å². The monoisotopic (exact) mass is 455 g/mol. The maximum Gasteiger partial charge on any atom is 0.264 e. The Labute approximate surface area is 187 Å². The number of amides is 1. The van der Waals surface area contributed by atoms with Crippen LogP contribution in [0.15, 0.2) is 82.8 Å². The number of halogens is 1. The number of anilines is 1. The molecule has 8 heteroatoms. The Hall–Kier alpha value is -3.16. The van der Waals surface area contributed by atoms with E-state index in [-0.39, 0.29) is 4.90 Å². The van der Waals surface area contributed by atoms with Crippen molar-refractivity contribution in [3.63, 3.8) is 0 Å². The lowest BCUT2D eigenvalue weighted by Crippen LogP contribution is -2.40. The number of hydrogen-bond acceptors (Lipinski definition) is 4. The number of hydrogen-bond donors (Lipinski definition) is 1. The Balaban J connectivity index is 1.86. The topological polar surface area (TPSA) is 78.8 Å². The maximum absolute atomic E-state index is 13.4. The van der Waals surface area contributed by atoms with Crippen LogP contribution in [0.3, 0.4) is 0 Å².